The van der Waals surface area contributed by atoms with Crippen LogP contribution < -0.4 is 0 Å². The van der Waals surface area contributed by atoms with Crippen molar-refractivity contribution >= 4 is 5.78 Å². The third-order valence-corrected chi connectivity index (χ3v) is 2.46. The van der Waals surface area contributed by atoms with Gasteiger partial charge in [-0.2, -0.15) is 8.78 Å². The largest absolute Gasteiger partial charge is 0.383 e. The Bertz CT molecular complexity index is 195. The molecule has 0 amide bonds. The molecule has 1 aliphatic rings. The molecule has 0 unspecified atom stereocenters. The first kappa shape index (κ1) is 9.58. The lowest BCUT2D eigenvalue weighted by Crippen LogP contribution is -2.50. The SMILES string of the molecule is CC(=O)C(F)(F)C1(O)CCCC1. The van der Waals surface area contributed by atoms with Crippen LogP contribution in [0.3, 0.4) is 0 Å². The molecule has 2 nitrogen and oxygen atoms in total. The van der Waals surface area contributed by atoms with Gasteiger partial charge < -0.3 is 5.11 Å². The first-order valence-electron chi connectivity index (χ1n) is 4.01. The molecule has 0 aromatic rings. The predicted octanol–water partition coefficient (Wildman–Crippen LogP) is 1.52. The number of ketones is 1. The van der Waals surface area contributed by atoms with Gasteiger partial charge >= 0.3 is 5.92 Å². The van der Waals surface area contributed by atoms with Crippen molar-refractivity contribution in [2.75, 3.05) is 0 Å². The highest BCUT2D eigenvalue weighted by atomic mass is 19.3. The summed E-state index contributed by atoms with van der Waals surface area (Å²) in [7, 11) is 0. The van der Waals surface area contributed by atoms with Crippen LogP contribution in [0.1, 0.15) is 32.6 Å². The van der Waals surface area contributed by atoms with Crippen molar-refractivity contribution in [1.29, 1.82) is 0 Å². The maximum Gasteiger partial charge on any atom is 0.332 e. The lowest BCUT2D eigenvalue weighted by molar-refractivity contribution is -0.186. The van der Waals surface area contributed by atoms with Crippen molar-refractivity contribution in [2.24, 2.45) is 0 Å². The molecule has 0 radical (unpaired) electrons. The Morgan fingerprint density at radius 1 is 1.42 bits per heavy atom. The molecule has 1 rings (SSSR count). The zero-order chi connectivity index (χ0) is 9.41. The second-order valence-electron chi connectivity index (χ2n) is 3.37. The van der Waals surface area contributed by atoms with E-state index in [4.69, 9.17) is 0 Å². The highest BCUT2D eigenvalue weighted by Crippen LogP contribution is 2.42. The van der Waals surface area contributed by atoms with Gasteiger partial charge in [-0.25, -0.2) is 0 Å². The minimum atomic E-state index is -3.57. The smallest absolute Gasteiger partial charge is 0.332 e. The van der Waals surface area contributed by atoms with Gasteiger partial charge in [0.25, 0.3) is 0 Å². The highest BCUT2D eigenvalue weighted by molar-refractivity contribution is 5.84. The van der Waals surface area contributed by atoms with Crippen LogP contribution in [0.25, 0.3) is 0 Å². The second kappa shape index (κ2) is 2.76. The molecule has 1 saturated carbocycles. The number of rotatable bonds is 2. The fourth-order valence-electron chi connectivity index (χ4n) is 1.60. The summed E-state index contributed by atoms with van der Waals surface area (Å²) in [4.78, 5) is 10.5. The first-order valence-corrected chi connectivity index (χ1v) is 4.01. The van der Waals surface area contributed by atoms with E-state index < -0.39 is 17.3 Å². The van der Waals surface area contributed by atoms with Gasteiger partial charge in [-0.3, -0.25) is 4.79 Å². The number of hydrogen-bond donors (Lipinski definition) is 1. The molecule has 0 aliphatic heterocycles. The Morgan fingerprint density at radius 2 is 1.83 bits per heavy atom. The molecule has 1 N–H and O–H groups in total. The lowest BCUT2D eigenvalue weighted by atomic mass is 9.91. The van der Waals surface area contributed by atoms with Crippen LogP contribution in [0.15, 0.2) is 0 Å². The molecule has 0 aromatic heterocycles. The molecule has 0 saturated heterocycles. The summed E-state index contributed by atoms with van der Waals surface area (Å²) in [6.07, 6.45) is 1.19. The number of carbonyl (C=O) groups excluding carboxylic acids is 1. The van der Waals surface area contributed by atoms with Gasteiger partial charge in [0, 0.05) is 6.92 Å². The van der Waals surface area contributed by atoms with Crippen molar-refractivity contribution in [3.05, 3.63) is 0 Å². The molecule has 0 atom stereocenters. The summed E-state index contributed by atoms with van der Waals surface area (Å²) >= 11 is 0. The van der Waals surface area contributed by atoms with E-state index in [1.165, 1.54) is 0 Å². The Hall–Kier alpha value is -0.510. The molecular weight excluding hydrogens is 166 g/mol. The number of halogens is 2. The fraction of sp³-hybridized carbons (Fsp3) is 0.875. The number of hydrogen-bond acceptors (Lipinski definition) is 2. The third kappa shape index (κ3) is 1.24. The Morgan fingerprint density at radius 3 is 2.17 bits per heavy atom. The van der Waals surface area contributed by atoms with Crippen LogP contribution in [0.5, 0.6) is 0 Å². The molecule has 4 heteroatoms. The maximum atomic E-state index is 13.0. The van der Waals surface area contributed by atoms with Crippen LogP contribution in [0, 0.1) is 0 Å². The summed E-state index contributed by atoms with van der Waals surface area (Å²) < 4.78 is 26.1. The Balaban J connectivity index is 2.85. The van der Waals surface area contributed by atoms with E-state index in [1.807, 2.05) is 0 Å². The van der Waals surface area contributed by atoms with E-state index >= 15 is 0 Å². The van der Waals surface area contributed by atoms with Crippen molar-refractivity contribution in [3.63, 3.8) is 0 Å². The zero-order valence-electron chi connectivity index (χ0n) is 6.94. The molecule has 0 spiro atoms. The van der Waals surface area contributed by atoms with Gasteiger partial charge in [-0.05, 0) is 12.8 Å². The molecule has 1 fully saturated rings. The van der Waals surface area contributed by atoms with Gasteiger partial charge in [0.15, 0.2) is 0 Å². The van der Waals surface area contributed by atoms with Crippen LogP contribution in [-0.4, -0.2) is 22.4 Å². The molecule has 0 bridgehead atoms. The number of Topliss-reactive ketones (excluding diaryl/α,β-unsaturated/α-hetero) is 1. The summed E-state index contributed by atoms with van der Waals surface area (Å²) in [5.41, 5.74) is -2.07. The van der Waals surface area contributed by atoms with Crippen LogP contribution in [-0.2, 0) is 4.79 Å². The molecule has 70 valence electrons. The monoisotopic (exact) mass is 178 g/mol. The predicted molar refractivity (Wildman–Crippen MR) is 39.0 cm³/mol. The lowest BCUT2D eigenvalue weighted by Gasteiger charge is -2.29. The minimum Gasteiger partial charge on any atom is -0.383 e. The van der Waals surface area contributed by atoms with E-state index in [-0.39, 0.29) is 12.8 Å². The molecule has 12 heavy (non-hydrogen) atoms. The van der Waals surface area contributed by atoms with Gasteiger partial charge in [-0.15, -0.1) is 0 Å². The maximum absolute atomic E-state index is 13.0. The Kier molecular flexibility index (Phi) is 2.21. The molecule has 0 heterocycles. The standard InChI is InChI=1S/C8H12F2O2/c1-6(11)8(9,10)7(12)4-2-3-5-7/h12H,2-5H2,1H3. The normalized spacial score (nSPS) is 22.7. The quantitative estimate of drug-likeness (QED) is 0.696. The van der Waals surface area contributed by atoms with Gasteiger partial charge in [-0.1, -0.05) is 12.8 Å². The summed E-state index contributed by atoms with van der Waals surface area (Å²) in [6, 6.07) is 0. The van der Waals surface area contributed by atoms with Crippen molar-refractivity contribution < 1.29 is 18.7 Å². The van der Waals surface area contributed by atoms with Crippen LogP contribution >= 0.6 is 0 Å². The van der Waals surface area contributed by atoms with E-state index in [9.17, 15) is 18.7 Å². The highest BCUT2D eigenvalue weighted by Gasteiger charge is 2.56. The van der Waals surface area contributed by atoms with Crippen LogP contribution in [0.4, 0.5) is 8.78 Å². The fourth-order valence-corrected chi connectivity index (χ4v) is 1.60. The van der Waals surface area contributed by atoms with E-state index in [2.05, 4.69) is 0 Å². The van der Waals surface area contributed by atoms with Gasteiger partial charge in [0.2, 0.25) is 5.78 Å². The summed E-state index contributed by atoms with van der Waals surface area (Å²) in [5, 5.41) is 9.42. The Labute approximate surface area is 69.6 Å². The number of alkyl halides is 2. The van der Waals surface area contributed by atoms with Gasteiger partial charge in [0.1, 0.15) is 5.60 Å². The molecular formula is C8H12F2O2. The van der Waals surface area contributed by atoms with Crippen LogP contribution in [0.2, 0.25) is 0 Å². The van der Waals surface area contributed by atoms with E-state index in [0.29, 0.717) is 12.8 Å². The molecule has 1 aliphatic carbocycles. The second-order valence-corrected chi connectivity index (χ2v) is 3.37. The summed E-state index contributed by atoms with van der Waals surface area (Å²) in [5.74, 6) is -4.81. The number of aliphatic hydroxyl groups is 1. The van der Waals surface area contributed by atoms with Crippen molar-refractivity contribution in [3.8, 4) is 0 Å². The topological polar surface area (TPSA) is 37.3 Å². The van der Waals surface area contributed by atoms with Gasteiger partial charge in [0.05, 0.1) is 0 Å². The van der Waals surface area contributed by atoms with E-state index in [1.54, 1.807) is 0 Å². The summed E-state index contributed by atoms with van der Waals surface area (Å²) in [6.45, 7) is 0.816. The minimum absolute atomic E-state index is 0.0274. The van der Waals surface area contributed by atoms with E-state index in [0.717, 1.165) is 6.92 Å². The third-order valence-electron chi connectivity index (χ3n) is 2.46. The average molecular weight is 178 g/mol. The van der Waals surface area contributed by atoms with Crippen molar-refractivity contribution in [1.82, 2.24) is 0 Å². The number of carbonyl (C=O) groups is 1. The molecule has 0 aromatic carbocycles. The van der Waals surface area contributed by atoms with Crippen molar-refractivity contribution in [2.45, 2.75) is 44.1 Å². The first-order chi connectivity index (χ1) is 5.40. The average Bonchev–Trinajstić information content (AvgIpc) is 2.37. The zero-order valence-corrected chi connectivity index (χ0v) is 6.94.